The van der Waals surface area contributed by atoms with Gasteiger partial charge < -0.3 is 14.8 Å². The first kappa shape index (κ1) is 27.4. The van der Waals surface area contributed by atoms with Gasteiger partial charge in [0.1, 0.15) is 23.0 Å². The second-order valence-corrected chi connectivity index (χ2v) is 10.2. The van der Waals surface area contributed by atoms with Crippen LogP contribution in [0.3, 0.4) is 0 Å². The molecule has 1 aromatic heterocycles. The van der Waals surface area contributed by atoms with E-state index in [4.69, 9.17) is 9.47 Å². The van der Waals surface area contributed by atoms with Gasteiger partial charge in [-0.1, -0.05) is 72.8 Å². The van der Waals surface area contributed by atoms with Gasteiger partial charge in [-0.05, 0) is 60.7 Å². The van der Waals surface area contributed by atoms with Crippen LogP contribution in [0.15, 0.2) is 139 Å². The third kappa shape index (κ3) is 6.78. The lowest BCUT2D eigenvalue weighted by Gasteiger charge is -2.11. The molecule has 0 spiro atoms. The summed E-state index contributed by atoms with van der Waals surface area (Å²) in [6, 6.07) is 40.2. The Morgan fingerprint density at radius 1 is 0.558 bits per heavy atom. The predicted molar refractivity (Wildman–Crippen MR) is 169 cm³/mol. The number of hydrogen-bond acceptors (Lipinski definition) is 6. The molecule has 6 rings (SSSR count). The number of carbonyl (C=O) groups is 2. The predicted octanol–water partition coefficient (Wildman–Crippen LogP) is 8.90. The number of aromatic nitrogens is 1. The summed E-state index contributed by atoms with van der Waals surface area (Å²) in [7, 11) is 0. The molecule has 0 radical (unpaired) electrons. The molecule has 8 heteroatoms. The Labute approximate surface area is 252 Å². The van der Waals surface area contributed by atoms with Gasteiger partial charge in [0.05, 0.1) is 16.8 Å². The van der Waals surface area contributed by atoms with Crippen LogP contribution in [-0.4, -0.2) is 16.8 Å². The van der Waals surface area contributed by atoms with Gasteiger partial charge >= 0.3 is 0 Å². The minimum atomic E-state index is -0.318. The summed E-state index contributed by atoms with van der Waals surface area (Å²) in [6.07, 6.45) is 0. The van der Waals surface area contributed by atoms with Crippen molar-refractivity contribution in [2.75, 3.05) is 10.6 Å². The number of anilines is 2. The van der Waals surface area contributed by atoms with Gasteiger partial charge in [-0.2, -0.15) is 0 Å². The number of rotatable bonds is 9. The van der Waals surface area contributed by atoms with E-state index in [2.05, 4.69) is 15.6 Å². The molecule has 2 N–H and O–H groups in total. The first-order valence-electron chi connectivity index (χ1n) is 13.4. The van der Waals surface area contributed by atoms with E-state index in [1.54, 1.807) is 36.4 Å². The summed E-state index contributed by atoms with van der Waals surface area (Å²) >= 11 is 1.32. The van der Waals surface area contributed by atoms with Crippen molar-refractivity contribution >= 4 is 34.0 Å². The number of hydrogen-bond donors (Lipinski definition) is 2. The second-order valence-electron chi connectivity index (χ2n) is 9.35. The van der Waals surface area contributed by atoms with Gasteiger partial charge in [-0.25, -0.2) is 4.98 Å². The maximum absolute atomic E-state index is 13.1. The fourth-order valence-corrected chi connectivity index (χ4v) is 4.98. The van der Waals surface area contributed by atoms with Crippen molar-refractivity contribution < 1.29 is 19.1 Å². The van der Waals surface area contributed by atoms with E-state index >= 15 is 0 Å². The monoisotopic (exact) mass is 583 g/mol. The van der Waals surface area contributed by atoms with Gasteiger partial charge in [0.15, 0.2) is 5.13 Å². The largest absolute Gasteiger partial charge is 0.457 e. The third-order valence-electron chi connectivity index (χ3n) is 6.37. The molecule has 6 aromatic rings. The van der Waals surface area contributed by atoms with Crippen LogP contribution in [0.4, 0.5) is 10.8 Å². The molecule has 0 unspecified atom stereocenters. The van der Waals surface area contributed by atoms with Crippen LogP contribution in [0.5, 0.6) is 23.0 Å². The Morgan fingerprint density at radius 3 is 1.60 bits per heavy atom. The number of para-hydroxylation sites is 4. The summed E-state index contributed by atoms with van der Waals surface area (Å²) in [5.41, 5.74) is 3.00. The number of nitrogens with one attached hydrogen (secondary N) is 2. The molecule has 0 atom stereocenters. The van der Waals surface area contributed by atoms with E-state index in [-0.39, 0.29) is 11.8 Å². The highest BCUT2D eigenvalue weighted by Crippen LogP contribution is 2.30. The van der Waals surface area contributed by atoms with Crippen molar-refractivity contribution in [2.45, 2.75) is 0 Å². The summed E-state index contributed by atoms with van der Waals surface area (Å²) in [4.78, 5) is 30.8. The van der Waals surface area contributed by atoms with Crippen LogP contribution in [0.25, 0.3) is 11.3 Å². The minimum absolute atomic E-state index is 0.283. The number of ether oxygens (including phenoxy) is 2. The average Bonchev–Trinajstić information content (AvgIpc) is 3.51. The van der Waals surface area contributed by atoms with Crippen molar-refractivity contribution in [1.29, 1.82) is 0 Å². The second kappa shape index (κ2) is 12.8. The lowest BCUT2D eigenvalue weighted by Crippen LogP contribution is -2.13. The Hall–Kier alpha value is -5.73. The molecule has 0 aliphatic heterocycles. The van der Waals surface area contributed by atoms with Gasteiger partial charge in [-0.15, -0.1) is 11.3 Å². The Bertz CT molecular complexity index is 1860. The minimum Gasteiger partial charge on any atom is -0.457 e. The molecule has 7 nitrogen and oxygen atoms in total. The Kier molecular flexibility index (Phi) is 8.20. The normalized spacial score (nSPS) is 10.5. The van der Waals surface area contributed by atoms with Crippen molar-refractivity contribution in [3.05, 3.63) is 150 Å². The van der Waals surface area contributed by atoms with Crippen molar-refractivity contribution in [3.8, 4) is 34.3 Å². The summed E-state index contributed by atoms with van der Waals surface area (Å²) in [6.45, 7) is 0. The molecule has 5 aromatic carbocycles. The standard InChI is InChI=1S/C35H25N3O4S/c39-33(28-15-7-9-17-31(28)41-26-11-3-1-4-12-26)36-25-21-19-24(20-22-25)30-23-43-35(37-30)38-34(40)29-16-8-10-18-32(29)42-27-13-5-2-6-14-27/h1-23H,(H,36,39)(H,37,38,40). The molecule has 43 heavy (non-hydrogen) atoms. The zero-order chi connectivity index (χ0) is 29.4. The number of carbonyl (C=O) groups excluding carboxylic acids is 2. The highest BCUT2D eigenvalue weighted by molar-refractivity contribution is 7.14. The van der Waals surface area contributed by atoms with Gasteiger partial charge in [0.25, 0.3) is 11.8 Å². The molecular formula is C35H25N3O4S. The van der Waals surface area contributed by atoms with Crippen LogP contribution < -0.4 is 20.1 Å². The number of benzene rings is 5. The number of thiazole rings is 1. The van der Waals surface area contributed by atoms with Crippen LogP contribution >= 0.6 is 11.3 Å². The maximum atomic E-state index is 13.1. The summed E-state index contributed by atoms with van der Waals surface area (Å²) in [5.74, 6) is 1.61. The molecule has 0 saturated carbocycles. The highest BCUT2D eigenvalue weighted by atomic mass is 32.1. The topological polar surface area (TPSA) is 89.6 Å². The molecule has 1 heterocycles. The fraction of sp³-hybridized carbons (Fsp3) is 0. The zero-order valence-electron chi connectivity index (χ0n) is 22.8. The lowest BCUT2D eigenvalue weighted by molar-refractivity contribution is 0.101. The van der Waals surface area contributed by atoms with E-state index in [1.165, 1.54) is 11.3 Å². The molecule has 0 aliphatic rings. The van der Waals surface area contributed by atoms with E-state index in [0.717, 1.165) is 5.56 Å². The zero-order valence-corrected chi connectivity index (χ0v) is 23.6. The van der Waals surface area contributed by atoms with Crippen LogP contribution in [0.2, 0.25) is 0 Å². The van der Waals surface area contributed by atoms with Crippen LogP contribution in [0, 0.1) is 0 Å². The first-order chi connectivity index (χ1) is 21.1. The molecule has 0 aliphatic carbocycles. The quantitative estimate of drug-likeness (QED) is 0.177. The van der Waals surface area contributed by atoms with E-state index < -0.39 is 0 Å². The first-order valence-corrected chi connectivity index (χ1v) is 14.3. The Morgan fingerprint density at radius 2 is 1.05 bits per heavy atom. The van der Waals surface area contributed by atoms with Crippen molar-refractivity contribution in [2.24, 2.45) is 0 Å². The van der Waals surface area contributed by atoms with Gasteiger partial charge in [0, 0.05) is 16.6 Å². The molecule has 0 fully saturated rings. The maximum Gasteiger partial charge on any atom is 0.261 e. The number of amides is 2. The number of nitrogens with zero attached hydrogens (tertiary/aromatic N) is 1. The average molecular weight is 584 g/mol. The molecular weight excluding hydrogens is 558 g/mol. The molecule has 210 valence electrons. The SMILES string of the molecule is O=C(Nc1ccc(-c2csc(NC(=O)c3ccccc3Oc3ccccc3)n2)cc1)c1ccccc1Oc1ccccc1. The van der Waals surface area contributed by atoms with Crippen LogP contribution in [-0.2, 0) is 0 Å². The molecule has 2 amide bonds. The lowest BCUT2D eigenvalue weighted by atomic mass is 10.1. The van der Waals surface area contributed by atoms with Crippen molar-refractivity contribution in [1.82, 2.24) is 4.98 Å². The Balaban J connectivity index is 1.11. The van der Waals surface area contributed by atoms with Crippen molar-refractivity contribution in [3.63, 3.8) is 0 Å². The molecule has 0 bridgehead atoms. The fourth-order valence-electron chi connectivity index (χ4n) is 4.27. The van der Waals surface area contributed by atoms with E-state index in [1.807, 2.05) is 102 Å². The third-order valence-corrected chi connectivity index (χ3v) is 7.13. The smallest absolute Gasteiger partial charge is 0.261 e. The van der Waals surface area contributed by atoms with Gasteiger partial charge in [0.2, 0.25) is 0 Å². The van der Waals surface area contributed by atoms with E-state index in [9.17, 15) is 9.59 Å². The highest BCUT2D eigenvalue weighted by Gasteiger charge is 2.16. The summed E-state index contributed by atoms with van der Waals surface area (Å²) in [5, 5.41) is 8.13. The van der Waals surface area contributed by atoms with E-state index in [0.29, 0.717) is 50.6 Å². The summed E-state index contributed by atoms with van der Waals surface area (Å²) < 4.78 is 11.9. The van der Waals surface area contributed by atoms with Gasteiger partial charge in [-0.3, -0.25) is 14.9 Å². The molecule has 0 saturated heterocycles. The van der Waals surface area contributed by atoms with Crippen LogP contribution in [0.1, 0.15) is 20.7 Å².